The molecule has 0 aliphatic heterocycles. The summed E-state index contributed by atoms with van der Waals surface area (Å²) >= 11 is 6.19. The van der Waals surface area contributed by atoms with E-state index in [0.29, 0.717) is 29.0 Å². The van der Waals surface area contributed by atoms with Gasteiger partial charge in [-0.3, -0.25) is 0 Å². The molecule has 0 heterocycles. The first kappa shape index (κ1) is 13.5. The second kappa shape index (κ2) is 6.27. The number of hydrogen-bond donors (Lipinski definition) is 1. The van der Waals surface area contributed by atoms with Crippen LogP contribution in [0.15, 0.2) is 12.1 Å². The van der Waals surface area contributed by atoms with Crippen molar-refractivity contribution in [1.29, 1.82) is 0 Å². The van der Waals surface area contributed by atoms with E-state index in [-0.39, 0.29) is 0 Å². The molecular formula is C13H18ClNO3. The van der Waals surface area contributed by atoms with Gasteiger partial charge in [-0.2, -0.15) is 5.48 Å². The van der Waals surface area contributed by atoms with Crippen LogP contribution >= 0.6 is 11.6 Å². The second-order valence-corrected chi connectivity index (χ2v) is 4.78. The fraction of sp³-hybridized carbons (Fsp3) is 0.538. The van der Waals surface area contributed by atoms with Gasteiger partial charge in [0.05, 0.1) is 20.8 Å². The second-order valence-electron chi connectivity index (χ2n) is 4.37. The van der Waals surface area contributed by atoms with Crippen molar-refractivity contribution < 1.29 is 14.3 Å². The van der Waals surface area contributed by atoms with Crippen LogP contribution in [0.1, 0.15) is 18.4 Å². The van der Waals surface area contributed by atoms with Gasteiger partial charge in [-0.15, -0.1) is 0 Å². The van der Waals surface area contributed by atoms with E-state index in [1.165, 1.54) is 12.8 Å². The van der Waals surface area contributed by atoms with E-state index in [2.05, 4.69) is 5.48 Å². The number of ether oxygens (including phenoxy) is 2. The average Bonchev–Trinajstić information content (AvgIpc) is 3.19. The molecule has 0 atom stereocenters. The molecule has 100 valence electrons. The Kier molecular flexibility index (Phi) is 4.69. The van der Waals surface area contributed by atoms with Crippen molar-refractivity contribution in [3.05, 3.63) is 22.7 Å². The van der Waals surface area contributed by atoms with Crippen LogP contribution in [0.4, 0.5) is 0 Å². The third-order valence-electron chi connectivity index (χ3n) is 2.91. The highest BCUT2D eigenvalue weighted by atomic mass is 35.5. The minimum absolute atomic E-state index is 0.522. The molecule has 18 heavy (non-hydrogen) atoms. The highest BCUT2D eigenvalue weighted by molar-refractivity contribution is 6.31. The summed E-state index contributed by atoms with van der Waals surface area (Å²) in [4.78, 5) is 4.81. The summed E-state index contributed by atoms with van der Waals surface area (Å²) in [5, 5.41) is 0.645. The Morgan fingerprint density at radius 3 is 2.67 bits per heavy atom. The van der Waals surface area contributed by atoms with E-state index in [9.17, 15) is 0 Å². The zero-order valence-electron chi connectivity index (χ0n) is 10.7. The lowest BCUT2D eigenvalue weighted by molar-refractivity contribution is 0.0866. The predicted octanol–water partition coefficient (Wildman–Crippen LogP) is 2.79. The summed E-state index contributed by atoms with van der Waals surface area (Å²) in [6.07, 6.45) is 2.51. The van der Waals surface area contributed by atoms with Crippen LogP contribution in [0, 0.1) is 5.92 Å². The summed E-state index contributed by atoms with van der Waals surface area (Å²) in [6, 6.07) is 3.67. The molecule has 1 aromatic rings. The molecule has 0 radical (unpaired) electrons. The Bertz CT molecular complexity index is 407. The molecule has 0 unspecified atom stereocenters. The molecule has 4 nitrogen and oxygen atoms in total. The third-order valence-corrected chi connectivity index (χ3v) is 3.26. The molecule has 1 aliphatic rings. The third kappa shape index (κ3) is 3.51. The number of hydrogen-bond acceptors (Lipinski definition) is 4. The van der Waals surface area contributed by atoms with Gasteiger partial charge >= 0.3 is 0 Å². The van der Waals surface area contributed by atoms with Gasteiger partial charge in [0.1, 0.15) is 0 Å². The van der Waals surface area contributed by atoms with Crippen LogP contribution in [0.2, 0.25) is 5.02 Å². The molecule has 0 amide bonds. The maximum atomic E-state index is 6.19. The van der Waals surface area contributed by atoms with Crippen LogP contribution < -0.4 is 15.0 Å². The number of nitrogens with one attached hydrogen (secondary N) is 1. The minimum atomic E-state index is 0.522. The lowest BCUT2D eigenvalue weighted by Crippen LogP contribution is -2.11. The first-order valence-electron chi connectivity index (χ1n) is 5.99. The van der Waals surface area contributed by atoms with Crippen LogP contribution in [0.25, 0.3) is 0 Å². The van der Waals surface area contributed by atoms with E-state index >= 15 is 0 Å². The smallest absolute Gasteiger partial charge is 0.162 e. The molecule has 5 heteroatoms. The van der Waals surface area contributed by atoms with Crippen molar-refractivity contribution in [2.45, 2.75) is 19.4 Å². The van der Waals surface area contributed by atoms with Gasteiger partial charge in [0, 0.05) is 17.6 Å². The molecule has 2 rings (SSSR count). The number of methoxy groups -OCH3 is 1. The van der Waals surface area contributed by atoms with Crippen molar-refractivity contribution in [3.63, 3.8) is 0 Å². The molecule has 0 saturated heterocycles. The fourth-order valence-corrected chi connectivity index (χ4v) is 1.85. The Morgan fingerprint density at radius 1 is 1.28 bits per heavy atom. The molecule has 0 aromatic heterocycles. The predicted molar refractivity (Wildman–Crippen MR) is 70.1 cm³/mol. The SMILES string of the molecule is CONCc1cc(OC)c(OCC2CC2)cc1Cl. The van der Waals surface area contributed by atoms with Crippen molar-refractivity contribution in [2.75, 3.05) is 20.8 Å². The van der Waals surface area contributed by atoms with Crippen LogP contribution in [0.5, 0.6) is 11.5 Å². The molecular weight excluding hydrogens is 254 g/mol. The number of benzene rings is 1. The zero-order chi connectivity index (χ0) is 13.0. The molecule has 1 saturated carbocycles. The normalized spacial score (nSPS) is 14.6. The summed E-state index contributed by atoms with van der Waals surface area (Å²) in [6.45, 7) is 1.26. The van der Waals surface area contributed by atoms with Crippen molar-refractivity contribution in [3.8, 4) is 11.5 Å². The van der Waals surface area contributed by atoms with Gasteiger partial charge in [0.2, 0.25) is 0 Å². The lowest BCUT2D eigenvalue weighted by atomic mass is 10.2. The minimum Gasteiger partial charge on any atom is -0.493 e. The van der Waals surface area contributed by atoms with E-state index in [1.54, 1.807) is 20.3 Å². The number of rotatable bonds is 7. The molecule has 1 aromatic carbocycles. The van der Waals surface area contributed by atoms with Gasteiger partial charge in [-0.05, 0) is 30.4 Å². The first-order valence-corrected chi connectivity index (χ1v) is 6.37. The van der Waals surface area contributed by atoms with Crippen LogP contribution in [0.3, 0.4) is 0 Å². The first-order chi connectivity index (χ1) is 8.74. The highest BCUT2D eigenvalue weighted by Gasteiger charge is 2.22. The largest absolute Gasteiger partial charge is 0.493 e. The van der Waals surface area contributed by atoms with Crippen molar-refractivity contribution in [2.24, 2.45) is 5.92 Å². The Hall–Kier alpha value is -0.970. The number of halogens is 1. The van der Waals surface area contributed by atoms with Gasteiger partial charge in [0.25, 0.3) is 0 Å². The van der Waals surface area contributed by atoms with Gasteiger partial charge < -0.3 is 14.3 Å². The summed E-state index contributed by atoms with van der Waals surface area (Å²) in [5.74, 6) is 2.10. The Labute approximate surface area is 112 Å². The quantitative estimate of drug-likeness (QED) is 0.774. The van der Waals surface area contributed by atoms with Crippen LogP contribution in [-0.4, -0.2) is 20.8 Å². The van der Waals surface area contributed by atoms with Gasteiger partial charge in [0.15, 0.2) is 11.5 Å². The van der Waals surface area contributed by atoms with Gasteiger partial charge in [-0.1, -0.05) is 11.6 Å². The summed E-state index contributed by atoms with van der Waals surface area (Å²) < 4.78 is 11.1. The summed E-state index contributed by atoms with van der Waals surface area (Å²) in [5.41, 5.74) is 3.67. The number of hydroxylamine groups is 1. The zero-order valence-corrected chi connectivity index (χ0v) is 11.4. The van der Waals surface area contributed by atoms with Crippen molar-refractivity contribution in [1.82, 2.24) is 5.48 Å². The monoisotopic (exact) mass is 271 g/mol. The van der Waals surface area contributed by atoms with Crippen LogP contribution in [-0.2, 0) is 11.4 Å². The standard InChI is InChI=1S/C13H18ClNO3/c1-16-12-5-10(7-15-17-2)11(14)6-13(12)18-8-9-3-4-9/h5-6,9,15H,3-4,7-8H2,1-2H3. The molecule has 0 bridgehead atoms. The maximum Gasteiger partial charge on any atom is 0.162 e. The molecule has 0 spiro atoms. The van der Waals surface area contributed by atoms with Gasteiger partial charge in [-0.25, -0.2) is 0 Å². The van der Waals surface area contributed by atoms with E-state index in [0.717, 1.165) is 12.2 Å². The van der Waals surface area contributed by atoms with E-state index < -0.39 is 0 Å². The highest BCUT2D eigenvalue weighted by Crippen LogP contribution is 2.36. The maximum absolute atomic E-state index is 6.19. The fourth-order valence-electron chi connectivity index (χ4n) is 1.63. The molecule has 1 aliphatic carbocycles. The average molecular weight is 272 g/mol. The topological polar surface area (TPSA) is 39.7 Å². The lowest BCUT2D eigenvalue weighted by Gasteiger charge is -2.13. The molecule has 1 fully saturated rings. The molecule has 1 N–H and O–H groups in total. The Morgan fingerprint density at radius 2 is 2.06 bits per heavy atom. The van der Waals surface area contributed by atoms with Crippen molar-refractivity contribution >= 4 is 11.6 Å². The Balaban J connectivity index is 2.10. The summed E-state index contributed by atoms with van der Waals surface area (Å²) in [7, 11) is 3.19. The van der Waals surface area contributed by atoms with E-state index in [4.69, 9.17) is 25.9 Å². The van der Waals surface area contributed by atoms with E-state index in [1.807, 2.05) is 6.07 Å².